The molecule has 2 aromatic carbocycles. The van der Waals surface area contributed by atoms with Crippen molar-refractivity contribution in [3.63, 3.8) is 0 Å². The maximum atomic E-state index is 12.0. The van der Waals surface area contributed by atoms with Gasteiger partial charge in [-0.15, -0.1) is 0 Å². The number of fused-ring (bicyclic) bond motifs is 1. The van der Waals surface area contributed by atoms with Crippen LogP contribution in [-0.2, 0) is 4.79 Å². The summed E-state index contributed by atoms with van der Waals surface area (Å²) in [4.78, 5) is 15.3. The molecule has 0 fully saturated rings. The molecule has 0 spiro atoms. The molecule has 1 heterocycles. The molecule has 0 aliphatic carbocycles. The van der Waals surface area contributed by atoms with Gasteiger partial charge in [-0.3, -0.25) is 4.79 Å². The number of ether oxygens (including phenoxy) is 1. The molecule has 1 aromatic heterocycles. The zero-order chi connectivity index (χ0) is 18.7. The quantitative estimate of drug-likeness (QED) is 0.481. The first kappa shape index (κ1) is 18.2. The minimum absolute atomic E-state index is 0.104. The Morgan fingerprint density at radius 2 is 2.04 bits per heavy atom. The minimum atomic E-state index is -0.314. The summed E-state index contributed by atoms with van der Waals surface area (Å²) < 4.78 is 6.46. The van der Waals surface area contributed by atoms with Crippen LogP contribution in [0.15, 0.2) is 46.0 Å². The molecule has 3 rings (SSSR count). The monoisotopic (exact) mass is 413 g/mol. The third kappa shape index (κ3) is 3.96. The van der Waals surface area contributed by atoms with Crippen molar-refractivity contribution in [2.75, 3.05) is 6.61 Å². The van der Waals surface area contributed by atoms with Gasteiger partial charge in [0.2, 0.25) is 0 Å². The van der Waals surface area contributed by atoms with E-state index in [0.717, 1.165) is 37.8 Å². The Hall–Kier alpha value is -2.60. The molecule has 2 N–H and O–H groups in total. The number of nitrogens with one attached hydrogen (secondary N) is 2. The van der Waals surface area contributed by atoms with Gasteiger partial charge in [-0.2, -0.15) is 5.10 Å². The Morgan fingerprint density at radius 1 is 1.27 bits per heavy atom. The number of aromatic nitrogens is 1. The highest BCUT2D eigenvalue weighted by molar-refractivity contribution is 9.10. The third-order valence-corrected chi connectivity index (χ3v) is 4.64. The predicted molar refractivity (Wildman–Crippen MR) is 108 cm³/mol. The molecular weight excluding hydrogens is 394 g/mol. The number of benzene rings is 2. The number of hydrogen-bond donors (Lipinski definition) is 2. The second-order valence-corrected chi connectivity index (χ2v) is 7.04. The van der Waals surface area contributed by atoms with E-state index >= 15 is 0 Å². The van der Waals surface area contributed by atoms with Crippen LogP contribution in [0.4, 0.5) is 0 Å². The second-order valence-electron chi connectivity index (χ2n) is 6.18. The van der Waals surface area contributed by atoms with Crippen LogP contribution in [0.1, 0.15) is 22.4 Å². The molecule has 1 amide bonds. The number of hydrazone groups is 1. The Kier molecular flexibility index (Phi) is 5.42. The molecule has 0 atom stereocenters. The van der Waals surface area contributed by atoms with Crippen molar-refractivity contribution in [1.82, 2.24) is 10.4 Å². The second kappa shape index (κ2) is 7.74. The summed E-state index contributed by atoms with van der Waals surface area (Å²) >= 11 is 3.47. The highest BCUT2D eigenvalue weighted by Crippen LogP contribution is 2.30. The lowest BCUT2D eigenvalue weighted by molar-refractivity contribution is -0.123. The van der Waals surface area contributed by atoms with Crippen LogP contribution in [0.25, 0.3) is 10.9 Å². The highest BCUT2D eigenvalue weighted by atomic mass is 79.9. The Balaban J connectivity index is 1.62. The molecule has 0 radical (unpaired) electrons. The molecule has 5 nitrogen and oxygen atoms in total. The van der Waals surface area contributed by atoms with Gasteiger partial charge < -0.3 is 9.72 Å². The number of aryl methyl sites for hydroxylation is 3. The fourth-order valence-corrected chi connectivity index (χ4v) is 3.68. The van der Waals surface area contributed by atoms with Gasteiger partial charge in [0.1, 0.15) is 5.75 Å². The summed E-state index contributed by atoms with van der Waals surface area (Å²) in [5.41, 5.74) is 7.61. The number of amides is 1. The number of para-hydroxylation sites is 1. The van der Waals surface area contributed by atoms with Crippen LogP contribution in [0, 0.1) is 20.8 Å². The number of rotatable bonds is 5. The van der Waals surface area contributed by atoms with E-state index in [2.05, 4.69) is 31.4 Å². The van der Waals surface area contributed by atoms with E-state index in [4.69, 9.17) is 4.74 Å². The van der Waals surface area contributed by atoms with Gasteiger partial charge >= 0.3 is 0 Å². The first-order valence-electron chi connectivity index (χ1n) is 8.24. The first-order chi connectivity index (χ1) is 12.5. The van der Waals surface area contributed by atoms with Crippen molar-refractivity contribution in [2.45, 2.75) is 20.8 Å². The van der Waals surface area contributed by atoms with E-state index in [1.807, 2.05) is 57.2 Å². The van der Waals surface area contributed by atoms with Gasteiger partial charge in [0.25, 0.3) is 5.91 Å². The average molecular weight is 414 g/mol. The lowest BCUT2D eigenvalue weighted by atomic mass is 10.1. The standard InChI is InChI=1S/C20H20BrN3O2/c1-12-8-13(2)20(17(21)9-12)26-11-19(25)24-22-10-16-14(3)23-18-7-5-4-6-15(16)18/h4-10,23H,11H2,1-3H3,(H,24,25)/b22-10+. The molecule has 0 aliphatic rings. The molecule has 6 heteroatoms. The molecule has 0 saturated carbocycles. The van der Waals surface area contributed by atoms with Crippen LogP contribution in [0.2, 0.25) is 0 Å². The summed E-state index contributed by atoms with van der Waals surface area (Å²) in [6.45, 7) is 5.83. The maximum absolute atomic E-state index is 12.0. The minimum Gasteiger partial charge on any atom is -0.482 e. The molecule has 0 unspecified atom stereocenters. The number of hydrogen-bond acceptors (Lipinski definition) is 3. The predicted octanol–water partition coefficient (Wildman–Crippen LogP) is 4.38. The summed E-state index contributed by atoms with van der Waals surface area (Å²) in [6.07, 6.45) is 1.65. The van der Waals surface area contributed by atoms with Crippen molar-refractivity contribution >= 4 is 39.0 Å². The maximum Gasteiger partial charge on any atom is 0.277 e. The topological polar surface area (TPSA) is 66.5 Å². The lowest BCUT2D eigenvalue weighted by Crippen LogP contribution is -2.24. The van der Waals surface area contributed by atoms with Gasteiger partial charge in [0, 0.05) is 22.2 Å². The molecule has 0 bridgehead atoms. The highest BCUT2D eigenvalue weighted by Gasteiger charge is 2.09. The zero-order valence-corrected chi connectivity index (χ0v) is 16.5. The number of carbonyl (C=O) groups is 1. The molecule has 0 aliphatic heterocycles. The average Bonchev–Trinajstić information content (AvgIpc) is 2.89. The summed E-state index contributed by atoms with van der Waals surface area (Å²) in [5, 5.41) is 5.13. The van der Waals surface area contributed by atoms with Crippen LogP contribution < -0.4 is 10.2 Å². The van der Waals surface area contributed by atoms with Gasteiger partial charge in [0.15, 0.2) is 6.61 Å². The number of carbonyl (C=O) groups excluding carboxylic acids is 1. The number of H-pyrrole nitrogens is 1. The van der Waals surface area contributed by atoms with Crippen molar-refractivity contribution in [1.29, 1.82) is 0 Å². The van der Waals surface area contributed by atoms with E-state index in [1.54, 1.807) is 6.21 Å². The number of aromatic amines is 1. The largest absolute Gasteiger partial charge is 0.482 e. The Labute approximate surface area is 160 Å². The van der Waals surface area contributed by atoms with Crippen molar-refractivity contribution in [2.24, 2.45) is 5.10 Å². The van der Waals surface area contributed by atoms with Gasteiger partial charge in [-0.1, -0.05) is 24.3 Å². The molecular formula is C20H20BrN3O2. The van der Waals surface area contributed by atoms with Crippen LogP contribution in [-0.4, -0.2) is 23.7 Å². The number of nitrogens with zero attached hydrogens (tertiary/aromatic N) is 1. The van der Waals surface area contributed by atoms with E-state index in [1.165, 1.54) is 0 Å². The van der Waals surface area contributed by atoms with Gasteiger partial charge in [-0.25, -0.2) is 5.43 Å². The van der Waals surface area contributed by atoms with E-state index < -0.39 is 0 Å². The molecule has 3 aromatic rings. The van der Waals surface area contributed by atoms with Crippen molar-refractivity contribution < 1.29 is 9.53 Å². The zero-order valence-electron chi connectivity index (χ0n) is 14.9. The first-order valence-corrected chi connectivity index (χ1v) is 9.03. The SMILES string of the molecule is Cc1cc(C)c(OCC(=O)N/N=C/c2c(C)[nH]c3ccccc23)c(Br)c1. The summed E-state index contributed by atoms with van der Waals surface area (Å²) in [5.74, 6) is 0.354. The van der Waals surface area contributed by atoms with E-state index in [-0.39, 0.29) is 12.5 Å². The Bertz CT molecular complexity index is 969. The van der Waals surface area contributed by atoms with E-state index in [0.29, 0.717) is 5.75 Å². The molecule has 134 valence electrons. The van der Waals surface area contributed by atoms with Crippen LogP contribution >= 0.6 is 15.9 Å². The summed E-state index contributed by atoms with van der Waals surface area (Å²) in [7, 11) is 0. The third-order valence-electron chi connectivity index (χ3n) is 4.05. The van der Waals surface area contributed by atoms with E-state index in [9.17, 15) is 4.79 Å². The van der Waals surface area contributed by atoms with Gasteiger partial charge in [-0.05, 0) is 60.0 Å². The van der Waals surface area contributed by atoms with Crippen molar-refractivity contribution in [3.8, 4) is 5.75 Å². The number of halogens is 1. The van der Waals surface area contributed by atoms with Crippen LogP contribution in [0.5, 0.6) is 5.75 Å². The van der Waals surface area contributed by atoms with Gasteiger partial charge in [0.05, 0.1) is 10.7 Å². The molecule has 0 saturated heterocycles. The lowest BCUT2D eigenvalue weighted by Gasteiger charge is -2.11. The molecule has 26 heavy (non-hydrogen) atoms. The fraction of sp³-hybridized carbons (Fsp3) is 0.200. The smallest absolute Gasteiger partial charge is 0.277 e. The normalized spacial score (nSPS) is 11.2. The Morgan fingerprint density at radius 3 is 2.81 bits per heavy atom. The van der Waals surface area contributed by atoms with Crippen molar-refractivity contribution in [3.05, 3.63) is 63.3 Å². The summed E-state index contributed by atoms with van der Waals surface area (Å²) in [6, 6.07) is 11.9. The van der Waals surface area contributed by atoms with Crippen LogP contribution in [0.3, 0.4) is 0 Å². The fourth-order valence-electron chi connectivity index (χ4n) is 2.89.